The summed E-state index contributed by atoms with van der Waals surface area (Å²) in [5, 5.41) is 3.71. The first-order chi connectivity index (χ1) is 9.63. The van der Waals surface area contributed by atoms with E-state index in [1.807, 2.05) is 19.1 Å². The second-order valence-corrected chi connectivity index (χ2v) is 5.03. The van der Waals surface area contributed by atoms with Gasteiger partial charge in [-0.2, -0.15) is 0 Å². The first kappa shape index (κ1) is 13.1. The molecule has 3 nitrogen and oxygen atoms in total. The summed E-state index contributed by atoms with van der Waals surface area (Å²) >= 11 is 6.12. The minimum atomic E-state index is -0.262. The summed E-state index contributed by atoms with van der Waals surface area (Å²) in [7, 11) is 0. The number of rotatable bonds is 3. The summed E-state index contributed by atoms with van der Waals surface area (Å²) in [6.45, 7) is 2.64. The monoisotopic (exact) mass is 293 g/mol. The Labute approximate surface area is 121 Å². The number of hydrogen-bond acceptors (Lipinski definition) is 3. The van der Waals surface area contributed by atoms with E-state index in [0.29, 0.717) is 23.1 Å². The van der Waals surface area contributed by atoms with E-state index in [0.717, 1.165) is 16.8 Å². The smallest absolute Gasteiger partial charge is 0.231 e. The largest absolute Gasteiger partial charge is 0.454 e. The van der Waals surface area contributed by atoms with E-state index >= 15 is 0 Å². The predicted octanol–water partition coefficient (Wildman–Crippen LogP) is 4.13. The Morgan fingerprint density at radius 1 is 1.25 bits per heavy atom. The molecule has 0 bridgehead atoms. The van der Waals surface area contributed by atoms with Crippen LogP contribution >= 0.6 is 11.6 Å². The van der Waals surface area contributed by atoms with Gasteiger partial charge in [-0.25, -0.2) is 4.39 Å². The molecule has 0 atom stereocenters. The fourth-order valence-corrected chi connectivity index (χ4v) is 2.39. The van der Waals surface area contributed by atoms with Crippen LogP contribution in [0.2, 0.25) is 5.02 Å². The van der Waals surface area contributed by atoms with Gasteiger partial charge in [-0.1, -0.05) is 17.7 Å². The van der Waals surface area contributed by atoms with Gasteiger partial charge in [0.1, 0.15) is 5.82 Å². The molecular formula is C15H13ClFNO2. The minimum Gasteiger partial charge on any atom is -0.454 e. The zero-order valence-electron chi connectivity index (χ0n) is 10.9. The minimum absolute atomic E-state index is 0.189. The van der Waals surface area contributed by atoms with Crippen molar-refractivity contribution >= 4 is 17.3 Å². The van der Waals surface area contributed by atoms with Crippen molar-refractivity contribution in [3.8, 4) is 11.5 Å². The number of fused-ring (bicyclic) bond motifs is 1. The zero-order valence-corrected chi connectivity index (χ0v) is 11.6. The Hall–Kier alpha value is -1.94. The van der Waals surface area contributed by atoms with Crippen LogP contribution in [0.1, 0.15) is 11.1 Å². The molecule has 5 heteroatoms. The van der Waals surface area contributed by atoms with E-state index in [-0.39, 0.29) is 12.6 Å². The molecule has 2 aromatic carbocycles. The molecule has 0 amide bonds. The molecule has 20 heavy (non-hydrogen) atoms. The molecule has 0 saturated carbocycles. The molecule has 3 rings (SSSR count). The van der Waals surface area contributed by atoms with Gasteiger partial charge in [-0.15, -0.1) is 0 Å². The molecule has 1 aliphatic rings. The van der Waals surface area contributed by atoms with E-state index in [1.165, 1.54) is 12.1 Å². The quantitative estimate of drug-likeness (QED) is 0.923. The molecule has 0 unspecified atom stereocenters. The molecule has 1 heterocycles. The number of anilines is 1. The molecule has 0 radical (unpaired) electrons. The van der Waals surface area contributed by atoms with Crippen molar-refractivity contribution in [3.05, 3.63) is 52.3 Å². The number of nitrogens with one attached hydrogen (secondary N) is 1. The molecular weight excluding hydrogens is 281 g/mol. The summed E-state index contributed by atoms with van der Waals surface area (Å²) in [6, 6.07) is 8.35. The first-order valence-electron chi connectivity index (χ1n) is 6.21. The summed E-state index contributed by atoms with van der Waals surface area (Å²) in [5.41, 5.74) is 2.69. The molecule has 0 spiro atoms. The Balaban J connectivity index is 1.79. The number of aryl methyl sites for hydroxylation is 1. The average molecular weight is 294 g/mol. The van der Waals surface area contributed by atoms with Crippen molar-refractivity contribution in [2.75, 3.05) is 12.1 Å². The molecule has 0 aliphatic carbocycles. The van der Waals surface area contributed by atoms with Gasteiger partial charge in [-0.3, -0.25) is 0 Å². The van der Waals surface area contributed by atoms with Crippen LogP contribution in [0.3, 0.4) is 0 Å². The maximum atomic E-state index is 13.2. The van der Waals surface area contributed by atoms with Crippen molar-refractivity contribution in [1.82, 2.24) is 0 Å². The van der Waals surface area contributed by atoms with Gasteiger partial charge in [-0.05, 0) is 42.3 Å². The number of ether oxygens (including phenoxy) is 2. The van der Waals surface area contributed by atoms with E-state index in [9.17, 15) is 4.39 Å². The zero-order chi connectivity index (χ0) is 14.1. The normalized spacial score (nSPS) is 12.6. The van der Waals surface area contributed by atoms with E-state index < -0.39 is 0 Å². The first-order valence-corrected chi connectivity index (χ1v) is 6.59. The lowest BCUT2D eigenvalue weighted by molar-refractivity contribution is 0.174. The van der Waals surface area contributed by atoms with Gasteiger partial charge in [0.2, 0.25) is 6.79 Å². The second kappa shape index (κ2) is 5.21. The summed E-state index contributed by atoms with van der Waals surface area (Å²) < 4.78 is 23.8. The third-order valence-corrected chi connectivity index (χ3v) is 3.45. The highest BCUT2D eigenvalue weighted by atomic mass is 35.5. The summed E-state index contributed by atoms with van der Waals surface area (Å²) in [4.78, 5) is 0. The standard InChI is InChI=1S/C15H13ClFNO2/c1-9-2-3-11(17)6-13(9)18-7-10-4-12(16)15-14(5-10)19-8-20-15/h2-6,18H,7-8H2,1H3. The second-order valence-electron chi connectivity index (χ2n) is 4.62. The van der Waals surface area contributed by atoms with Crippen LogP contribution in [0.4, 0.5) is 10.1 Å². The highest BCUT2D eigenvalue weighted by Crippen LogP contribution is 2.39. The lowest BCUT2D eigenvalue weighted by Crippen LogP contribution is -2.01. The predicted molar refractivity (Wildman–Crippen MR) is 76.0 cm³/mol. The third-order valence-electron chi connectivity index (χ3n) is 3.17. The fourth-order valence-electron chi connectivity index (χ4n) is 2.10. The van der Waals surface area contributed by atoms with Gasteiger partial charge in [0.05, 0.1) is 5.02 Å². The van der Waals surface area contributed by atoms with E-state index in [2.05, 4.69) is 5.32 Å². The van der Waals surface area contributed by atoms with E-state index in [1.54, 1.807) is 6.07 Å². The number of benzene rings is 2. The van der Waals surface area contributed by atoms with Gasteiger partial charge in [0, 0.05) is 12.2 Å². The lowest BCUT2D eigenvalue weighted by atomic mass is 10.1. The van der Waals surface area contributed by atoms with Crippen molar-refractivity contribution in [3.63, 3.8) is 0 Å². The highest BCUT2D eigenvalue weighted by Gasteiger charge is 2.18. The van der Waals surface area contributed by atoms with Crippen molar-refractivity contribution < 1.29 is 13.9 Å². The number of hydrogen-bond donors (Lipinski definition) is 1. The molecule has 0 saturated heterocycles. The van der Waals surface area contributed by atoms with Gasteiger partial charge < -0.3 is 14.8 Å². The lowest BCUT2D eigenvalue weighted by Gasteiger charge is -2.10. The van der Waals surface area contributed by atoms with Crippen LogP contribution in [-0.4, -0.2) is 6.79 Å². The van der Waals surface area contributed by atoms with Crippen LogP contribution in [0.15, 0.2) is 30.3 Å². The van der Waals surface area contributed by atoms with Gasteiger partial charge >= 0.3 is 0 Å². The highest BCUT2D eigenvalue weighted by molar-refractivity contribution is 6.32. The van der Waals surface area contributed by atoms with Crippen LogP contribution < -0.4 is 14.8 Å². The maximum absolute atomic E-state index is 13.2. The van der Waals surface area contributed by atoms with Crippen molar-refractivity contribution in [2.24, 2.45) is 0 Å². The average Bonchev–Trinajstić information content (AvgIpc) is 2.89. The molecule has 1 N–H and O–H groups in total. The topological polar surface area (TPSA) is 30.5 Å². The fraction of sp³-hybridized carbons (Fsp3) is 0.200. The molecule has 2 aromatic rings. The van der Waals surface area contributed by atoms with Crippen LogP contribution in [0.5, 0.6) is 11.5 Å². The van der Waals surface area contributed by atoms with Crippen LogP contribution in [0.25, 0.3) is 0 Å². The van der Waals surface area contributed by atoms with Gasteiger partial charge in [0.15, 0.2) is 11.5 Å². The SMILES string of the molecule is Cc1ccc(F)cc1NCc1cc(Cl)c2c(c1)OCO2. The Morgan fingerprint density at radius 2 is 2.10 bits per heavy atom. The van der Waals surface area contributed by atoms with Crippen LogP contribution in [-0.2, 0) is 6.54 Å². The molecule has 0 fully saturated rings. The molecule has 104 valence electrons. The summed E-state index contributed by atoms with van der Waals surface area (Å²) in [6.07, 6.45) is 0. The van der Waals surface area contributed by atoms with E-state index in [4.69, 9.17) is 21.1 Å². The Bertz CT molecular complexity index is 661. The van der Waals surface area contributed by atoms with Gasteiger partial charge in [0.25, 0.3) is 0 Å². The number of halogens is 2. The molecule has 0 aromatic heterocycles. The Kier molecular flexibility index (Phi) is 3.40. The van der Waals surface area contributed by atoms with Crippen molar-refractivity contribution in [1.29, 1.82) is 0 Å². The Morgan fingerprint density at radius 3 is 2.95 bits per heavy atom. The van der Waals surface area contributed by atoms with Crippen molar-refractivity contribution in [2.45, 2.75) is 13.5 Å². The molecule has 1 aliphatic heterocycles. The van der Waals surface area contributed by atoms with Crippen LogP contribution in [0, 0.1) is 12.7 Å². The third kappa shape index (κ3) is 2.51. The maximum Gasteiger partial charge on any atom is 0.231 e. The summed E-state index contributed by atoms with van der Waals surface area (Å²) in [5.74, 6) is 0.962.